The molecule has 1 atom stereocenters. The standard InChI is InChI=1S/C17H17N3O5S/c21-16(18-9-11-5-7-25-10-11)12-3-4-15-13(8-12)19-17(22)14-2-1-6-20(14)26(15,23)24/h1-4,6,8,11H,5,7,9-10H2,(H,18,21)(H,19,22). The molecule has 136 valence electrons. The second-order valence-corrected chi connectivity index (χ2v) is 8.08. The van der Waals surface area contributed by atoms with E-state index in [9.17, 15) is 18.0 Å². The number of carbonyl (C=O) groups is 2. The second-order valence-electron chi connectivity index (χ2n) is 6.30. The number of nitrogens with zero attached hydrogens (tertiary/aromatic N) is 1. The van der Waals surface area contributed by atoms with Gasteiger partial charge in [-0.3, -0.25) is 9.59 Å². The van der Waals surface area contributed by atoms with E-state index in [1.807, 2.05) is 0 Å². The molecule has 0 bridgehead atoms. The first-order valence-electron chi connectivity index (χ1n) is 8.21. The van der Waals surface area contributed by atoms with E-state index >= 15 is 0 Å². The maximum atomic E-state index is 12.8. The van der Waals surface area contributed by atoms with Crippen molar-refractivity contribution in [3.63, 3.8) is 0 Å². The summed E-state index contributed by atoms with van der Waals surface area (Å²) in [6.07, 6.45) is 2.22. The predicted molar refractivity (Wildman–Crippen MR) is 92.7 cm³/mol. The van der Waals surface area contributed by atoms with Gasteiger partial charge in [-0.15, -0.1) is 0 Å². The molecule has 1 saturated heterocycles. The van der Waals surface area contributed by atoms with E-state index in [1.165, 1.54) is 36.5 Å². The summed E-state index contributed by atoms with van der Waals surface area (Å²) in [6, 6.07) is 7.09. The van der Waals surface area contributed by atoms with Gasteiger partial charge < -0.3 is 15.4 Å². The lowest BCUT2D eigenvalue weighted by atomic mass is 10.1. The van der Waals surface area contributed by atoms with E-state index in [0.717, 1.165) is 10.4 Å². The van der Waals surface area contributed by atoms with Gasteiger partial charge in [-0.2, -0.15) is 0 Å². The van der Waals surface area contributed by atoms with Crippen molar-refractivity contribution < 1.29 is 22.7 Å². The van der Waals surface area contributed by atoms with Crippen molar-refractivity contribution >= 4 is 27.5 Å². The van der Waals surface area contributed by atoms with Crippen molar-refractivity contribution in [1.82, 2.24) is 9.29 Å². The minimum atomic E-state index is -3.91. The van der Waals surface area contributed by atoms with E-state index < -0.39 is 15.9 Å². The molecule has 1 fully saturated rings. The van der Waals surface area contributed by atoms with Crippen LogP contribution in [0.3, 0.4) is 0 Å². The van der Waals surface area contributed by atoms with Gasteiger partial charge in [0.2, 0.25) is 0 Å². The van der Waals surface area contributed by atoms with E-state index in [-0.39, 0.29) is 33.7 Å². The van der Waals surface area contributed by atoms with Crippen LogP contribution in [0.5, 0.6) is 0 Å². The molecule has 1 aromatic carbocycles. The van der Waals surface area contributed by atoms with E-state index in [0.29, 0.717) is 19.8 Å². The first-order valence-corrected chi connectivity index (χ1v) is 9.65. The summed E-state index contributed by atoms with van der Waals surface area (Å²) in [4.78, 5) is 24.6. The Balaban J connectivity index is 1.63. The summed E-state index contributed by atoms with van der Waals surface area (Å²) in [6.45, 7) is 1.81. The topological polar surface area (TPSA) is 106 Å². The first kappa shape index (κ1) is 16.8. The van der Waals surface area contributed by atoms with E-state index in [1.54, 1.807) is 0 Å². The van der Waals surface area contributed by atoms with Crippen molar-refractivity contribution in [3.8, 4) is 0 Å². The predicted octanol–water partition coefficient (Wildman–Crippen LogP) is 1.06. The van der Waals surface area contributed by atoms with Crippen molar-refractivity contribution in [1.29, 1.82) is 0 Å². The fraction of sp³-hybridized carbons (Fsp3) is 0.294. The van der Waals surface area contributed by atoms with Crippen LogP contribution in [0.4, 0.5) is 5.69 Å². The monoisotopic (exact) mass is 375 g/mol. The number of rotatable bonds is 3. The third-order valence-corrected chi connectivity index (χ3v) is 6.30. The molecular weight excluding hydrogens is 358 g/mol. The summed E-state index contributed by atoms with van der Waals surface area (Å²) in [7, 11) is -3.91. The number of nitrogens with one attached hydrogen (secondary N) is 2. The highest BCUT2D eigenvalue weighted by Crippen LogP contribution is 2.29. The molecule has 2 amide bonds. The summed E-state index contributed by atoms with van der Waals surface area (Å²) in [5.41, 5.74) is 0.397. The Kier molecular flexibility index (Phi) is 4.04. The van der Waals surface area contributed by atoms with Crippen LogP contribution >= 0.6 is 0 Å². The number of anilines is 1. The highest BCUT2D eigenvalue weighted by atomic mass is 32.2. The quantitative estimate of drug-likeness (QED) is 0.834. The Morgan fingerprint density at radius 1 is 1.35 bits per heavy atom. The fourth-order valence-electron chi connectivity index (χ4n) is 3.12. The van der Waals surface area contributed by atoms with Gasteiger partial charge in [-0.05, 0) is 36.8 Å². The molecule has 0 aliphatic carbocycles. The molecule has 1 aromatic heterocycles. The Morgan fingerprint density at radius 2 is 2.19 bits per heavy atom. The van der Waals surface area contributed by atoms with Crippen molar-refractivity contribution in [3.05, 3.63) is 47.8 Å². The average molecular weight is 375 g/mol. The van der Waals surface area contributed by atoms with Gasteiger partial charge in [0.25, 0.3) is 21.8 Å². The van der Waals surface area contributed by atoms with Crippen LogP contribution < -0.4 is 10.6 Å². The Morgan fingerprint density at radius 3 is 2.96 bits per heavy atom. The minimum absolute atomic E-state index is 0.0217. The lowest BCUT2D eigenvalue weighted by molar-refractivity contribution is 0.0943. The normalized spacial score (nSPS) is 20.6. The van der Waals surface area contributed by atoms with Gasteiger partial charge in [0.1, 0.15) is 10.6 Å². The molecule has 2 aliphatic heterocycles. The number of ether oxygens (including phenoxy) is 1. The number of benzene rings is 1. The Bertz CT molecular complexity index is 990. The number of aromatic nitrogens is 1. The molecule has 3 heterocycles. The van der Waals surface area contributed by atoms with Crippen LogP contribution in [0, 0.1) is 5.92 Å². The molecule has 0 radical (unpaired) electrons. The van der Waals surface area contributed by atoms with Crippen LogP contribution in [0.1, 0.15) is 27.3 Å². The molecular formula is C17H17N3O5S. The SMILES string of the molecule is O=C(NCC1CCOC1)c1ccc2c(c1)NC(=O)c1cccn1S2(=O)=O. The fourth-order valence-corrected chi connectivity index (χ4v) is 4.59. The van der Waals surface area contributed by atoms with Crippen LogP contribution in [0.2, 0.25) is 0 Å². The highest BCUT2D eigenvalue weighted by Gasteiger charge is 2.30. The zero-order valence-corrected chi connectivity index (χ0v) is 14.6. The van der Waals surface area contributed by atoms with Gasteiger partial charge in [-0.1, -0.05) is 0 Å². The summed E-state index contributed by atoms with van der Waals surface area (Å²) in [5, 5.41) is 5.39. The number of amides is 2. The van der Waals surface area contributed by atoms with Crippen LogP contribution in [0.15, 0.2) is 41.4 Å². The van der Waals surface area contributed by atoms with Gasteiger partial charge in [0.15, 0.2) is 0 Å². The minimum Gasteiger partial charge on any atom is -0.381 e. The maximum absolute atomic E-state index is 12.8. The largest absolute Gasteiger partial charge is 0.381 e. The molecule has 2 aromatic rings. The van der Waals surface area contributed by atoms with Gasteiger partial charge in [0, 0.05) is 30.8 Å². The molecule has 0 saturated carbocycles. The molecule has 0 spiro atoms. The van der Waals surface area contributed by atoms with Crippen molar-refractivity contribution in [2.45, 2.75) is 11.3 Å². The van der Waals surface area contributed by atoms with Gasteiger partial charge >= 0.3 is 0 Å². The third kappa shape index (κ3) is 2.78. The molecule has 1 unspecified atom stereocenters. The van der Waals surface area contributed by atoms with Crippen LogP contribution in [-0.4, -0.2) is 44.0 Å². The van der Waals surface area contributed by atoms with Crippen molar-refractivity contribution in [2.24, 2.45) is 5.92 Å². The summed E-state index contributed by atoms with van der Waals surface area (Å²) in [5.74, 6) is -0.584. The number of hydrogen-bond donors (Lipinski definition) is 2. The summed E-state index contributed by atoms with van der Waals surface area (Å²) < 4.78 is 31.7. The maximum Gasteiger partial charge on any atom is 0.273 e. The first-order chi connectivity index (χ1) is 12.5. The van der Waals surface area contributed by atoms with E-state index in [4.69, 9.17) is 4.74 Å². The molecule has 2 N–H and O–H groups in total. The summed E-state index contributed by atoms with van der Waals surface area (Å²) >= 11 is 0. The molecule has 4 rings (SSSR count). The average Bonchev–Trinajstić information content (AvgIpc) is 3.29. The Labute approximate surface area is 150 Å². The number of hydrogen-bond acceptors (Lipinski definition) is 5. The van der Waals surface area contributed by atoms with E-state index in [2.05, 4.69) is 10.6 Å². The zero-order valence-electron chi connectivity index (χ0n) is 13.8. The zero-order chi connectivity index (χ0) is 18.3. The molecule has 2 aliphatic rings. The molecule has 9 heteroatoms. The lowest BCUT2D eigenvalue weighted by Gasteiger charge is -2.12. The number of fused-ring (bicyclic) bond motifs is 2. The third-order valence-electron chi connectivity index (χ3n) is 4.55. The smallest absolute Gasteiger partial charge is 0.273 e. The molecule has 8 nitrogen and oxygen atoms in total. The second kappa shape index (κ2) is 6.26. The Hall–Kier alpha value is -2.65. The number of carbonyl (C=O) groups excluding carboxylic acids is 2. The lowest BCUT2D eigenvalue weighted by Crippen LogP contribution is -2.29. The van der Waals surface area contributed by atoms with Crippen LogP contribution in [-0.2, 0) is 14.8 Å². The van der Waals surface area contributed by atoms with Crippen LogP contribution in [0.25, 0.3) is 0 Å². The molecule has 26 heavy (non-hydrogen) atoms. The van der Waals surface area contributed by atoms with Gasteiger partial charge in [-0.25, -0.2) is 12.4 Å². The highest BCUT2D eigenvalue weighted by molar-refractivity contribution is 7.90. The van der Waals surface area contributed by atoms with Crippen molar-refractivity contribution in [2.75, 3.05) is 25.1 Å². The van der Waals surface area contributed by atoms with Gasteiger partial charge in [0.05, 0.1) is 12.3 Å².